The lowest BCUT2D eigenvalue weighted by Crippen LogP contribution is -2.29. The highest BCUT2D eigenvalue weighted by atomic mass is 35.5. The predicted molar refractivity (Wildman–Crippen MR) is 133 cm³/mol. The van der Waals surface area contributed by atoms with Gasteiger partial charge in [-0.15, -0.1) is 11.3 Å². The maximum Gasteiger partial charge on any atom is 0.191 e. The third-order valence-corrected chi connectivity index (χ3v) is 7.74. The van der Waals surface area contributed by atoms with E-state index in [0.717, 1.165) is 36.3 Å². The van der Waals surface area contributed by atoms with Gasteiger partial charge in [0.05, 0.1) is 11.1 Å². The van der Waals surface area contributed by atoms with E-state index in [1.54, 1.807) is 35.6 Å². The van der Waals surface area contributed by atoms with Gasteiger partial charge in [0.15, 0.2) is 10.9 Å². The van der Waals surface area contributed by atoms with Crippen LogP contribution in [0.1, 0.15) is 26.4 Å². The van der Waals surface area contributed by atoms with Crippen molar-refractivity contribution in [3.8, 4) is 0 Å². The first-order valence-corrected chi connectivity index (χ1v) is 12.5. The average Bonchev–Trinajstić information content (AvgIpc) is 3.16. The zero-order valence-corrected chi connectivity index (χ0v) is 19.6. The van der Waals surface area contributed by atoms with Crippen molar-refractivity contribution in [3.63, 3.8) is 0 Å². The number of rotatable bonds is 6. The molecule has 4 aromatic rings. The lowest BCUT2D eigenvalue weighted by Gasteiger charge is -2.26. The van der Waals surface area contributed by atoms with Crippen molar-refractivity contribution in [1.29, 1.82) is 0 Å². The van der Waals surface area contributed by atoms with E-state index in [1.807, 2.05) is 6.07 Å². The molecule has 0 radical (unpaired) electrons. The number of aromatic nitrogens is 2. The molecule has 5 nitrogen and oxygen atoms in total. The summed E-state index contributed by atoms with van der Waals surface area (Å²) in [5.41, 5.74) is 9.57. The van der Waals surface area contributed by atoms with E-state index in [1.165, 1.54) is 27.8 Å². The summed E-state index contributed by atoms with van der Waals surface area (Å²) in [4.78, 5) is 26.4. The minimum atomic E-state index is 0.0102. The standard InChI is InChI=1S/C24H21ClN4OS2/c25-17-8-6-16(7-9-17)19(30)14-31-24-27-22(26)21-18-10-11-29(12-15-4-2-1-3-5-15)13-20(18)32-23(21)28-24/h1-9H,10-14H2,(H2,26,27,28). The Kier molecular flexibility index (Phi) is 6.15. The van der Waals surface area contributed by atoms with Crippen LogP contribution >= 0.6 is 34.7 Å². The molecule has 0 aliphatic carbocycles. The number of thioether (sulfide) groups is 1. The minimum Gasteiger partial charge on any atom is -0.383 e. The number of thiophene rings is 1. The van der Waals surface area contributed by atoms with Crippen LogP contribution in [0.15, 0.2) is 59.8 Å². The molecule has 1 aliphatic heterocycles. The molecular weight excluding hydrogens is 460 g/mol. The molecule has 0 saturated carbocycles. The van der Waals surface area contributed by atoms with Crippen LogP contribution in [0.2, 0.25) is 5.02 Å². The van der Waals surface area contributed by atoms with Crippen LogP contribution in [-0.4, -0.2) is 32.9 Å². The summed E-state index contributed by atoms with van der Waals surface area (Å²) in [6.07, 6.45) is 0.942. The van der Waals surface area contributed by atoms with Crippen molar-refractivity contribution in [2.24, 2.45) is 0 Å². The molecule has 2 N–H and O–H groups in total. The summed E-state index contributed by atoms with van der Waals surface area (Å²) in [6.45, 7) is 2.81. The van der Waals surface area contributed by atoms with Crippen LogP contribution in [-0.2, 0) is 19.5 Å². The maximum absolute atomic E-state index is 12.5. The molecule has 1 aliphatic rings. The highest BCUT2D eigenvalue weighted by Gasteiger charge is 2.24. The number of fused-ring (bicyclic) bond motifs is 3. The molecule has 8 heteroatoms. The van der Waals surface area contributed by atoms with Gasteiger partial charge in [0.1, 0.15) is 10.6 Å². The van der Waals surface area contributed by atoms with Gasteiger partial charge >= 0.3 is 0 Å². The van der Waals surface area contributed by atoms with Gasteiger partial charge in [0.2, 0.25) is 0 Å². The quantitative estimate of drug-likeness (QED) is 0.224. The van der Waals surface area contributed by atoms with E-state index < -0.39 is 0 Å². The minimum absolute atomic E-state index is 0.0102. The molecule has 0 bridgehead atoms. The molecule has 2 aromatic heterocycles. The number of nitrogens with zero attached hydrogens (tertiary/aromatic N) is 3. The molecular formula is C24H21ClN4OS2. The Morgan fingerprint density at radius 3 is 2.69 bits per heavy atom. The first kappa shape index (κ1) is 21.4. The first-order valence-electron chi connectivity index (χ1n) is 10.3. The number of hydrogen-bond donors (Lipinski definition) is 1. The molecule has 0 unspecified atom stereocenters. The van der Waals surface area contributed by atoms with Crippen molar-refractivity contribution in [2.45, 2.75) is 24.7 Å². The van der Waals surface area contributed by atoms with E-state index >= 15 is 0 Å². The van der Waals surface area contributed by atoms with E-state index in [0.29, 0.717) is 21.6 Å². The fraction of sp³-hybridized carbons (Fsp3) is 0.208. The molecule has 0 spiro atoms. The number of benzene rings is 2. The number of carbonyl (C=O) groups excluding carboxylic acids is 1. The molecule has 0 amide bonds. The zero-order valence-electron chi connectivity index (χ0n) is 17.3. The predicted octanol–water partition coefficient (Wildman–Crippen LogP) is 5.46. The Labute approximate surface area is 199 Å². The van der Waals surface area contributed by atoms with E-state index in [4.69, 9.17) is 22.3 Å². The zero-order chi connectivity index (χ0) is 22.1. The number of ketones is 1. The number of halogens is 1. The van der Waals surface area contributed by atoms with Gasteiger partial charge in [-0.25, -0.2) is 9.97 Å². The Morgan fingerprint density at radius 1 is 1.12 bits per heavy atom. The van der Waals surface area contributed by atoms with E-state index in [2.05, 4.69) is 34.1 Å². The Hall–Kier alpha value is -2.45. The van der Waals surface area contributed by atoms with Gasteiger partial charge in [0, 0.05) is 35.1 Å². The number of anilines is 1. The average molecular weight is 481 g/mol. The molecule has 0 saturated heterocycles. The normalized spacial score (nSPS) is 13.9. The van der Waals surface area contributed by atoms with Gasteiger partial charge in [0.25, 0.3) is 0 Å². The molecule has 0 fully saturated rings. The van der Waals surface area contributed by atoms with Crippen molar-refractivity contribution in [2.75, 3.05) is 18.0 Å². The van der Waals surface area contributed by atoms with Crippen LogP contribution < -0.4 is 5.73 Å². The van der Waals surface area contributed by atoms with Crippen LogP contribution in [0.25, 0.3) is 10.2 Å². The number of nitrogen functional groups attached to an aromatic ring is 1. The Balaban J connectivity index is 1.32. The van der Waals surface area contributed by atoms with Gasteiger partial charge in [-0.1, -0.05) is 53.7 Å². The van der Waals surface area contributed by atoms with Crippen molar-refractivity contribution in [3.05, 3.63) is 81.2 Å². The second-order valence-electron chi connectivity index (χ2n) is 7.74. The summed E-state index contributed by atoms with van der Waals surface area (Å²) in [5, 5.41) is 2.13. The summed E-state index contributed by atoms with van der Waals surface area (Å²) in [5.74, 6) is 0.768. The van der Waals surface area contributed by atoms with Gasteiger partial charge < -0.3 is 5.73 Å². The summed E-state index contributed by atoms with van der Waals surface area (Å²) in [7, 11) is 0. The molecule has 5 rings (SSSR count). The summed E-state index contributed by atoms with van der Waals surface area (Å²) >= 11 is 8.91. The fourth-order valence-electron chi connectivity index (χ4n) is 3.95. The smallest absolute Gasteiger partial charge is 0.191 e. The van der Waals surface area contributed by atoms with Crippen LogP contribution in [0.3, 0.4) is 0 Å². The third-order valence-electron chi connectivity index (χ3n) is 5.53. The van der Waals surface area contributed by atoms with Crippen LogP contribution in [0.4, 0.5) is 5.82 Å². The Morgan fingerprint density at radius 2 is 1.91 bits per heavy atom. The number of carbonyl (C=O) groups is 1. The fourth-order valence-corrected chi connectivity index (χ4v) is 6.15. The highest BCUT2D eigenvalue weighted by Crippen LogP contribution is 2.38. The summed E-state index contributed by atoms with van der Waals surface area (Å²) < 4.78 is 0. The van der Waals surface area contributed by atoms with Crippen molar-refractivity contribution in [1.82, 2.24) is 14.9 Å². The van der Waals surface area contributed by atoms with E-state index in [-0.39, 0.29) is 11.5 Å². The van der Waals surface area contributed by atoms with E-state index in [9.17, 15) is 4.79 Å². The number of hydrogen-bond acceptors (Lipinski definition) is 7. The van der Waals surface area contributed by atoms with Gasteiger partial charge in [-0.05, 0) is 41.8 Å². The second-order valence-corrected chi connectivity index (χ2v) is 10.2. The number of nitrogens with two attached hydrogens (primary N) is 1. The Bertz CT molecular complexity index is 1270. The van der Waals surface area contributed by atoms with Gasteiger partial charge in [-0.3, -0.25) is 9.69 Å². The van der Waals surface area contributed by atoms with Crippen molar-refractivity contribution < 1.29 is 4.79 Å². The van der Waals surface area contributed by atoms with Crippen molar-refractivity contribution >= 4 is 56.5 Å². The van der Waals surface area contributed by atoms with Gasteiger partial charge in [-0.2, -0.15) is 0 Å². The SMILES string of the molecule is Nc1nc(SCC(=O)c2ccc(Cl)cc2)nc2sc3c(c12)CCN(Cc1ccccc1)C3. The molecule has 2 aromatic carbocycles. The van der Waals surface area contributed by atoms with Crippen LogP contribution in [0.5, 0.6) is 0 Å². The lowest BCUT2D eigenvalue weighted by molar-refractivity contribution is 0.102. The monoisotopic (exact) mass is 480 g/mol. The highest BCUT2D eigenvalue weighted by molar-refractivity contribution is 7.99. The first-order chi connectivity index (χ1) is 15.6. The topological polar surface area (TPSA) is 72.1 Å². The lowest BCUT2D eigenvalue weighted by atomic mass is 10.0. The summed E-state index contributed by atoms with van der Waals surface area (Å²) in [6, 6.07) is 17.4. The second kappa shape index (κ2) is 9.19. The molecule has 32 heavy (non-hydrogen) atoms. The largest absolute Gasteiger partial charge is 0.383 e. The number of Topliss-reactive ketones (excluding diaryl/α,β-unsaturated/α-hetero) is 1. The maximum atomic E-state index is 12.5. The third kappa shape index (κ3) is 4.52. The molecule has 3 heterocycles. The molecule has 0 atom stereocenters. The molecule has 162 valence electrons. The van der Waals surface area contributed by atoms with Crippen LogP contribution in [0, 0.1) is 0 Å².